The summed E-state index contributed by atoms with van der Waals surface area (Å²) < 4.78 is 24.8. The predicted octanol–water partition coefficient (Wildman–Crippen LogP) is 5.33. The Bertz CT molecular complexity index is 1040. The Morgan fingerprint density at radius 3 is 2.63 bits per heavy atom. The quantitative estimate of drug-likeness (QED) is 0.590. The predicted molar refractivity (Wildman–Crippen MR) is 101 cm³/mol. The van der Waals surface area contributed by atoms with E-state index in [1.165, 1.54) is 12.1 Å². The van der Waals surface area contributed by atoms with Gasteiger partial charge in [0.2, 0.25) is 5.78 Å². The van der Waals surface area contributed by atoms with E-state index in [0.29, 0.717) is 22.8 Å². The molecule has 0 saturated heterocycles. The molecule has 3 nitrogen and oxygen atoms in total. The first-order chi connectivity index (χ1) is 13.1. The number of aryl methyl sites for hydroxylation is 1. The van der Waals surface area contributed by atoms with Crippen LogP contribution in [0.15, 0.2) is 72.5 Å². The Morgan fingerprint density at radius 1 is 1.04 bits per heavy atom. The Morgan fingerprint density at radius 2 is 1.85 bits per heavy atom. The van der Waals surface area contributed by atoms with Crippen molar-refractivity contribution in [2.75, 3.05) is 0 Å². The maximum absolute atomic E-state index is 13.3. The third-order valence-corrected chi connectivity index (χ3v) is 4.34. The molecule has 4 heteroatoms. The van der Waals surface area contributed by atoms with Crippen LogP contribution >= 0.6 is 0 Å². The zero-order valence-corrected chi connectivity index (χ0v) is 14.7. The summed E-state index contributed by atoms with van der Waals surface area (Å²) in [5.41, 5.74) is 2.96. The zero-order chi connectivity index (χ0) is 18.8. The van der Waals surface area contributed by atoms with Crippen LogP contribution in [0, 0.1) is 12.7 Å². The lowest BCUT2D eigenvalue weighted by Crippen LogP contribution is -2.00. The van der Waals surface area contributed by atoms with Gasteiger partial charge in [0.05, 0.1) is 5.56 Å². The third kappa shape index (κ3) is 3.60. The molecule has 27 heavy (non-hydrogen) atoms. The molecule has 3 aromatic carbocycles. The van der Waals surface area contributed by atoms with Gasteiger partial charge in [0, 0.05) is 6.07 Å². The number of rotatable bonds is 4. The fourth-order valence-electron chi connectivity index (χ4n) is 3.05. The van der Waals surface area contributed by atoms with Crippen LogP contribution in [0.3, 0.4) is 0 Å². The fraction of sp³-hybridized carbons (Fsp3) is 0.0870. The van der Waals surface area contributed by atoms with Crippen molar-refractivity contribution in [2.45, 2.75) is 13.5 Å². The standard InChI is InChI=1S/C23H17FO3/c1-15-10-19(26-14-17-8-5-9-18(24)11-17)13-20-22(15)23(25)21(27-20)12-16-6-3-2-4-7-16/h2-13H,14H2,1H3/b21-12-. The second-order valence-electron chi connectivity index (χ2n) is 6.38. The van der Waals surface area contributed by atoms with Crippen molar-refractivity contribution in [1.29, 1.82) is 0 Å². The van der Waals surface area contributed by atoms with Crippen LogP contribution in [-0.4, -0.2) is 5.78 Å². The number of fused-ring (bicyclic) bond motifs is 1. The van der Waals surface area contributed by atoms with Crippen LogP contribution in [0.5, 0.6) is 11.5 Å². The smallest absolute Gasteiger partial charge is 0.232 e. The number of halogens is 1. The maximum atomic E-state index is 13.3. The van der Waals surface area contributed by atoms with Crippen molar-refractivity contribution >= 4 is 11.9 Å². The average molecular weight is 360 g/mol. The minimum Gasteiger partial charge on any atom is -0.489 e. The molecule has 0 unspecified atom stereocenters. The molecule has 0 aromatic heterocycles. The number of ether oxygens (including phenoxy) is 2. The Labute approximate surface area is 156 Å². The SMILES string of the molecule is Cc1cc(OCc2cccc(F)c2)cc2c1C(=O)/C(=C/c1ccccc1)O2. The lowest BCUT2D eigenvalue weighted by molar-refractivity contribution is 0.101. The molecule has 0 amide bonds. The van der Waals surface area contributed by atoms with Gasteiger partial charge in [0.1, 0.15) is 23.9 Å². The molecule has 3 aromatic rings. The molecule has 0 N–H and O–H groups in total. The van der Waals surface area contributed by atoms with E-state index in [4.69, 9.17) is 9.47 Å². The van der Waals surface area contributed by atoms with Crippen LogP contribution in [0.4, 0.5) is 4.39 Å². The van der Waals surface area contributed by atoms with Crippen LogP contribution in [0.1, 0.15) is 27.0 Å². The van der Waals surface area contributed by atoms with Gasteiger partial charge in [-0.1, -0.05) is 42.5 Å². The number of carbonyl (C=O) groups excluding carboxylic acids is 1. The number of hydrogen-bond acceptors (Lipinski definition) is 3. The molecule has 0 fully saturated rings. The van der Waals surface area contributed by atoms with Gasteiger partial charge in [-0.3, -0.25) is 4.79 Å². The Hall–Kier alpha value is -3.40. The maximum Gasteiger partial charge on any atom is 0.232 e. The lowest BCUT2D eigenvalue weighted by atomic mass is 10.0. The van der Waals surface area contributed by atoms with Crippen LogP contribution in [0.2, 0.25) is 0 Å². The number of carbonyl (C=O) groups is 1. The van der Waals surface area contributed by atoms with E-state index < -0.39 is 0 Å². The second kappa shape index (κ2) is 7.08. The van der Waals surface area contributed by atoms with Gasteiger partial charge in [-0.25, -0.2) is 4.39 Å². The Kier molecular flexibility index (Phi) is 4.47. The highest BCUT2D eigenvalue weighted by Gasteiger charge is 2.30. The van der Waals surface area contributed by atoms with Crippen molar-refractivity contribution in [2.24, 2.45) is 0 Å². The van der Waals surface area contributed by atoms with Gasteiger partial charge in [0.25, 0.3) is 0 Å². The van der Waals surface area contributed by atoms with E-state index in [2.05, 4.69) is 0 Å². The number of hydrogen-bond donors (Lipinski definition) is 0. The van der Waals surface area contributed by atoms with Gasteiger partial charge in [-0.05, 0) is 47.9 Å². The molecule has 1 heterocycles. The van der Waals surface area contributed by atoms with E-state index in [9.17, 15) is 9.18 Å². The van der Waals surface area contributed by atoms with E-state index in [1.807, 2.05) is 37.3 Å². The molecular formula is C23H17FO3. The molecular weight excluding hydrogens is 343 g/mol. The monoisotopic (exact) mass is 360 g/mol. The van der Waals surface area contributed by atoms with Crippen molar-refractivity contribution < 1.29 is 18.7 Å². The summed E-state index contributed by atoms with van der Waals surface area (Å²) in [5, 5.41) is 0. The fourth-order valence-corrected chi connectivity index (χ4v) is 3.05. The summed E-state index contributed by atoms with van der Waals surface area (Å²) in [7, 11) is 0. The van der Waals surface area contributed by atoms with E-state index >= 15 is 0 Å². The van der Waals surface area contributed by atoms with Crippen molar-refractivity contribution in [3.05, 3.63) is 101 Å². The van der Waals surface area contributed by atoms with E-state index in [-0.39, 0.29) is 18.2 Å². The molecule has 4 rings (SSSR count). The Balaban J connectivity index is 1.57. The third-order valence-electron chi connectivity index (χ3n) is 4.34. The molecule has 1 aliphatic rings. The van der Waals surface area contributed by atoms with Crippen LogP contribution in [0.25, 0.3) is 6.08 Å². The molecule has 0 spiro atoms. The van der Waals surface area contributed by atoms with Gasteiger partial charge in [-0.15, -0.1) is 0 Å². The summed E-state index contributed by atoms with van der Waals surface area (Å²) in [5.74, 6) is 0.913. The van der Waals surface area contributed by atoms with E-state index in [1.54, 1.807) is 30.3 Å². The van der Waals surface area contributed by atoms with Gasteiger partial charge < -0.3 is 9.47 Å². The first-order valence-electron chi connectivity index (χ1n) is 8.61. The van der Waals surface area contributed by atoms with Crippen molar-refractivity contribution in [3.8, 4) is 11.5 Å². The summed E-state index contributed by atoms with van der Waals surface area (Å²) in [6.45, 7) is 2.08. The largest absolute Gasteiger partial charge is 0.489 e. The normalized spacial score (nSPS) is 14.1. The van der Waals surface area contributed by atoms with Crippen molar-refractivity contribution in [1.82, 2.24) is 0 Å². The number of Topliss-reactive ketones (excluding diaryl/α,β-unsaturated/α-hetero) is 1. The minimum atomic E-state index is -0.300. The van der Waals surface area contributed by atoms with Gasteiger partial charge >= 0.3 is 0 Å². The highest BCUT2D eigenvalue weighted by Crippen LogP contribution is 2.37. The van der Waals surface area contributed by atoms with E-state index in [0.717, 1.165) is 16.7 Å². The highest BCUT2D eigenvalue weighted by atomic mass is 19.1. The molecule has 0 radical (unpaired) electrons. The van der Waals surface area contributed by atoms with Gasteiger partial charge in [-0.2, -0.15) is 0 Å². The molecule has 134 valence electrons. The zero-order valence-electron chi connectivity index (χ0n) is 14.7. The highest BCUT2D eigenvalue weighted by molar-refractivity contribution is 6.15. The van der Waals surface area contributed by atoms with Crippen LogP contribution < -0.4 is 9.47 Å². The van der Waals surface area contributed by atoms with Gasteiger partial charge in [0.15, 0.2) is 5.76 Å². The van der Waals surface area contributed by atoms with Crippen molar-refractivity contribution in [3.63, 3.8) is 0 Å². The summed E-state index contributed by atoms with van der Waals surface area (Å²) in [6, 6.07) is 19.3. The molecule has 0 atom stereocenters. The number of benzene rings is 3. The summed E-state index contributed by atoms with van der Waals surface area (Å²) in [4.78, 5) is 12.7. The summed E-state index contributed by atoms with van der Waals surface area (Å²) in [6.07, 6.45) is 1.73. The molecule has 0 saturated carbocycles. The minimum absolute atomic E-state index is 0.136. The second-order valence-corrected chi connectivity index (χ2v) is 6.38. The lowest BCUT2D eigenvalue weighted by Gasteiger charge is -2.09. The number of allylic oxidation sites excluding steroid dienone is 1. The molecule has 1 aliphatic heterocycles. The average Bonchev–Trinajstić information content (AvgIpc) is 2.97. The molecule has 0 bridgehead atoms. The molecule has 0 aliphatic carbocycles. The topological polar surface area (TPSA) is 35.5 Å². The first kappa shape index (κ1) is 17.0. The number of ketones is 1. The summed E-state index contributed by atoms with van der Waals surface area (Å²) >= 11 is 0. The van der Waals surface area contributed by atoms with Crippen LogP contribution in [-0.2, 0) is 6.61 Å². The first-order valence-corrected chi connectivity index (χ1v) is 8.61.